The van der Waals surface area contributed by atoms with Gasteiger partial charge in [-0.15, -0.1) is 0 Å². The lowest BCUT2D eigenvalue weighted by atomic mass is 9.85. The van der Waals surface area contributed by atoms with Gasteiger partial charge >= 0.3 is 0 Å². The van der Waals surface area contributed by atoms with Gasteiger partial charge in [-0.05, 0) is 69.4 Å². The number of carbonyl (C=O) groups is 1. The van der Waals surface area contributed by atoms with Crippen LogP contribution in [-0.4, -0.2) is 23.8 Å². The van der Waals surface area contributed by atoms with Gasteiger partial charge in [0.25, 0.3) is 5.91 Å². The van der Waals surface area contributed by atoms with Gasteiger partial charge < -0.3 is 14.6 Å². The number of aliphatic hydroxyl groups is 1. The minimum atomic E-state index is -1.94. The first-order chi connectivity index (χ1) is 18.4. The molecular formula is C30H26BrFN2O4. The normalized spacial score (nSPS) is 11.4. The van der Waals surface area contributed by atoms with Crippen LogP contribution in [0.3, 0.4) is 0 Å². The molecule has 2 N–H and O–H groups in total. The first kappa shape index (κ1) is 27.0. The number of hydrogen-bond donors (Lipinski definition) is 2. The second-order valence-corrected chi connectivity index (χ2v) is 9.17. The third-order valence-corrected chi connectivity index (χ3v) is 6.31. The molecule has 194 valence electrons. The van der Waals surface area contributed by atoms with E-state index in [4.69, 9.17) is 9.47 Å². The third kappa shape index (κ3) is 6.27. The summed E-state index contributed by atoms with van der Waals surface area (Å²) in [4.78, 5) is 13.2. The van der Waals surface area contributed by atoms with Crippen LogP contribution < -0.4 is 14.9 Å². The Bertz CT molecular complexity index is 1360. The Morgan fingerprint density at radius 1 is 0.974 bits per heavy atom. The van der Waals surface area contributed by atoms with Crippen LogP contribution in [0, 0.1) is 5.82 Å². The number of hydrogen-bond acceptors (Lipinski definition) is 5. The van der Waals surface area contributed by atoms with Crippen LogP contribution >= 0.6 is 15.9 Å². The van der Waals surface area contributed by atoms with E-state index in [0.29, 0.717) is 39.3 Å². The first-order valence-corrected chi connectivity index (χ1v) is 12.7. The highest BCUT2D eigenvalue weighted by Gasteiger charge is 2.39. The summed E-state index contributed by atoms with van der Waals surface area (Å²) >= 11 is 3.51. The smallest absolute Gasteiger partial charge is 0.281 e. The van der Waals surface area contributed by atoms with Crippen molar-refractivity contribution >= 4 is 28.1 Å². The summed E-state index contributed by atoms with van der Waals surface area (Å²) in [7, 11) is 0. The van der Waals surface area contributed by atoms with E-state index in [-0.39, 0.29) is 12.4 Å². The Hall–Kier alpha value is -4.01. The van der Waals surface area contributed by atoms with E-state index in [9.17, 15) is 14.3 Å². The molecule has 0 saturated carbocycles. The summed E-state index contributed by atoms with van der Waals surface area (Å²) in [5.74, 6) is -0.0529. The molecule has 0 bridgehead atoms. The average Bonchev–Trinajstić information content (AvgIpc) is 2.94. The van der Waals surface area contributed by atoms with Gasteiger partial charge in [0.1, 0.15) is 12.4 Å². The molecule has 0 spiro atoms. The number of benzene rings is 4. The van der Waals surface area contributed by atoms with Crippen LogP contribution in [0.5, 0.6) is 11.5 Å². The molecule has 0 aliphatic rings. The summed E-state index contributed by atoms with van der Waals surface area (Å²) in [5, 5.41) is 15.6. The Morgan fingerprint density at radius 2 is 1.58 bits per heavy atom. The second-order valence-electron chi connectivity index (χ2n) is 8.32. The number of carbonyl (C=O) groups excluding carboxylic acids is 1. The van der Waals surface area contributed by atoms with Crippen molar-refractivity contribution in [3.05, 3.63) is 130 Å². The maximum absolute atomic E-state index is 13.2. The number of ether oxygens (including phenoxy) is 2. The molecule has 1 amide bonds. The molecule has 0 aromatic heterocycles. The minimum Gasteiger partial charge on any atom is -0.490 e. The molecule has 0 saturated heterocycles. The van der Waals surface area contributed by atoms with Crippen LogP contribution in [0.4, 0.5) is 4.39 Å². The Balaban J connectivity index is 1.53. The zero-order valence-electron chi connectivity index (χ0n) is 20.6. The van der Waals surface area contributed by atoms with E-state index >= 15 is 0 Å². The number of nitrogens with zero attached hydrogens (tertiary/aromatic N) is 1. The fraction of sp³-hybridized carbons (Fsp3) is 0.133. The van der Waals surface area contributed by atoms with E-state index in [0.717, 1.165) is 5.56 Å². The molecular weight excluding hydrogens is 551 g/mol. The molecule has 0 radical (unpaired) electrons. The number of rotatable bonds is 10. The highest BCUT2D eigenvalue weighted by atomic mass is 79.9. The van der Waals surface area contributed by atoms with Gasteiger partial charge in [0, 0.05) is 0 Å². The van der Waals surface area contributed by atoms with E-state index in [1.54, 1.807) is 72.8 Å². The predicted octanol–water partition coefficient (Wildman–Crippen LogP) is 5.95. The molecule has 4 rings (SSSR count). The molecule has 0 aliphatic heterocycles. The van der Waals surface area contributed by atoms with Gasteiger partial charge in [0.2, 0.25) is 0 Å². The molecule has 0 heterocycles. The summed E-state index contributed by atoms with van der Waals surface area (Å²) in [5.41, 5.74) is 2.80. The number of halogens is 2. The number of hydrazone groups is 1. The molecule has 0 unspecified atom stereocenters. The van der Waals surface area contributed by atoms with Crippen LogP contribution in [0.15, 0.2) is 107 Å². The van der Waals surface area contributed by atoms with Crippen molar-refractivity contribution in [2.75, 3.05) is 6.61 Å². The molecule has 6 nitrogen and oxygen atoms in total. The zero-order chi connectivity index (χ0) is 27.0. The Labute approximate surface area is 228 Å². The van der Waals surface area contributed by atoms with Gasteiger partial charge in [0.15, 0.2) is 17.1 Å². The van der Waals surface area contributed by atoms with Crippen molar-refractivity contribution in [3.8, 4) is 11.5 Å². The molecule has 4 aromatic rings. The number of nitrogens with one attached hydrogen (secondary N) is 1. The van der Waals surface area contributed by atoms with Gasteiger partial charge in [-0.1, -0.05) is 72.8 Å². The lowest BCUT2D eigenvalue weighted by Crippen LogP contribution is -2.43. The molecule has 8 heteroatoms. The van der Waals surface area contributed by atoms with Gasteiger partial charge in [-0.3, -0.25) is 4.79 Å². The zero-order valence-corrected chi connectivity index (χ0v) is 22.2. The van der Waals surface area contributed by atoms with Crippen molar-refractivity contribution < 1.29 is 23.8 Å². The van der Waals surface area contributed by atoms with Crippen LogP contribution in [-0.2, 0) is 17.0 Å². The van der Waals surface area contributed by atoms with E-state index in [2.05, 4.69) is 26.5 Å². The quantitative estimate of drug-likeness (QED) is 0.180. The highest BCUT2D eigenvalue weighted by Crippen LogP contribution is 2.37. The van der Waals surface area contributed by atoms with Crippen LogP contribution in [0.1, 0.15) is 29.2 Å². The van der Waals surface area contributed by atoms with E-state index in [1.807, 2.05) is 19.1 Å². The molecule has 0 fully saturated rings. The largest absolute Gasteiger partial charge is 0.490 e. The van der Waals surface area contributed by atoms with Crippen molar-refractivity contribution in [3.63, 3.8) is 0 Å². The molecule has 0 atom stereocenters. The van der Waals surface area contributed by atoms with Gasteiger partial charge in [-0.25, -0.2) is 9.82 Å². The molecule has 38 heavy (non-hydrogen) atoms. The predicted molar refractivity (Wildman–Crippen MR) is 148 cm³/mol. The fourth-order valence-corrected chi connectivity index (χ4v) is 4.41. The Kier molecular flexibility index (Phi) is 8.89. The second kappa shape index (κ2) is 12.5. The summed E-state index contributed by atoms with van der Waals surface area (Å²) in [6.45, 7) is 2.48. The van der Waals surface area contributed by atoms with Crippen molar-refractivity contribution in [2.45, 2.75) is 19.1 Å². The number of amides is 1. The SMILES string of the molecule is CCOc1cc(/C=N\NC(=O)C(O)(c2ccccc2)c2ccccc2)cc(Br)c1OCc1ccc(F)cc1. The van der Waals surface area contributed by atoms with Gasteiger partial charge in [0.05, 0.1) is 17.3 Å². The fourth-order valence-electron chi connectivity index (χ4n) is 3.84. The lowest BCUT2D eigenvalue weighted by Gasteiger charge is -2.27. The molecule has 4 aromatic carbocycles. The lowest BCUT2D eigenvalue weighted by molar-refractivity contribution is -0.136. The van der Waals surface area contributed by atoms with Crippen molar-refractivity contribution in [1.82, 2.24) is 5.43 Å². The monoisotopic (exact) mass is 576 g/mol. The van der Waals surface area contributed by atoms with Crippen molar-refractivity contribution in [1.29, 1.82) is 0 Å². The summed E-state index contributed by atoms with van der Waals surface area (Å²) < 4.78 is 25.5. The molecule has 0 aliphatic carbocycles. The van der Waals surface area contributed by atoms with Crippen molar-refractivity contribution in [2.24, 2.45) is 5.10 Å². The third-order valence-electron chi connectivity index (χ3n) is 5.72. The topological polar surface area (TPSA) is 80.2 Å². The van der Waals surface area contributed by atoms with Crippen LogP contribution in [0.2, 0.25) is 0 Å². The minimum absolute atomic E-state index is 0.222. The van der Waals surface area contributed by atoms with Crippen LogP contribution in [0.25, 0.3) is 0 Å². The first-order valence-electron chi connectivity index (χ1n) is 11.9. The summed E-state index contributed by atoms with van der Waals surface area (Å²) in [6, 6.07) is 26.9. The maximum Gasteiger partial charge on any atom is 0.281 e. The summed E-state index contributed by atoms with van der Waals surface area (Å²) in [6.07, 6.45) is 1.45. The maximum atomic E-state index is 13.2. The average molecular weight is 577 g/mol. The Morgan fingerprint density at radius 3 is 2.16 bits per heavy atom. The van der Waals surface area contributed by atoms with E-state index in [1.165, 1.54) is 18.3 Å². The highest BCUT2D eigenvalue weighted by molar-refractivity contribution is 9.10. The van der Waals surface area contributed by atoms with E-state index < -0.39 is 11.5 Å². The standard InChI is InChI=1S/C30H26BrFN2O4/c1-2-37-27-18-22(17-26(31)28(27)38-20-21-13-15-25(32)16-14-21)19-33-34-29(35)30(36,23-9-5-3-6-10-23)24-11-7-4-8-12-24/h3-19,36H,2,20H2,1H3,(H,34,35)/b33-19-. The van der Waals surface area contributed by atoms with Gasteiger partial charge in [-0.2, -0.15) is 5.10 Å².